The SMILES string of the molecule is COC(Nc1ccc(F)cc1)c1nc(C(N)=O)cs1. The second-order valence-corrected chi connectivity index (χ2v) is 4.59. The molecule has 19 heavy (non-hydrogen) atoms. The Balaban J connectivity index is 2.15. The minimum Gasteiger partial charge on any atom is -0.364 e. The second-order valence-electron chi connectivity index (χ2n) is 3.70. The Morgan fingerprint density at radius 3 is 2.68 bits per heavy atom. The lowest BCUT2D eigenvalue weighted by Gasteiger charge is -2.15. The average molecular weight is 281 g/mol. The first-order chi connectivity index (χ1) is 9.10. The number of hydrogen-bond donors (Lipinski definition) is 2. The standard InChI is InChI=1S/C12H12FN3O2S/c1-18-11(12-16-9(6-19-12)10(14)17)15-8-4-2-7(13)3-5-8/h2-6,11,15H,1H3,(H2,14,17). The molecule has 0 radical (unpaired) electrons. The fourth-order valence-electron chi connectivity index (χ4n) is 1.44. The average Bonchev–Trinajstić information content (AvgIpc) is 2.88. The number of amides is 1. The first-order valence-electron chi connectivity index (χ1n) is 5.40. The molecule has 0 saturated heterocycles. The minimum atomic E-state index is -0.584. The molecule has 1 amide bonds. The van der Waals surface area contributed by atoms with Crippen molar-refractivity contribution in [1.82, 2.24) is 4.98 Å². The Kier molecular flexibility index (Phi) is 4.08. The summed E-state index contributed by atoms with van der Waals surface area (Å²) in [7, 11) is 1.51. The maximum Gasteiger partial charge on any atom is 0.268 e. The van der Waals surface area contributed by atoms with Gasteiger partial charge >= 0.3 is 0 Å². The summed E-state index contributed by atoms with van der Waals surface area (Å²) in [5.74, 6) is -0.899. The van der Waals surface area contributed by atoms with Crippen LogP contribution in [0.4, 0.5) is 10.1 Å². The molecule has 2 rings (SSSR count). The quantitative estimate of drug-likeness (QED) is 0.823. The van der Waals surface area contributed by atoms with Gasteiger partial charge in [0.25, 0.3) is 5.91 Å². The van der Waals surface area contributed by atoms with Gasteiger partial charge in [-0.2, -0.15) is 0 Å². The van der Waals surface area contributed by atoms with E-state index in [-0.39, 0.29) is 11.5 Å². The predicted molar refractivity (Wildman–Crippen MR) is 70.4 cm³/mol. The van der Waals surface area contributed by atoms with Gasteiger partial charge in [-0.1, -0.05) is 0 Å². The molecule has 0 fully saturated rings. The second kappa shape index (κ2) is 5.77. The molecule has 0 aliphatic heterocycles. The highest BCUT2D eigenvalue weighted by molar-refractivity contribution is 7.09. The molecular formula is C12H12FN3O2S. The van der Waals surface area contributed by atoms with E-state index in [0.717, 1.165) is 0 Å². The van der Waals surface area contributed by atoms with E-state index in [4.69, 9.17) is 10.5 Å². The number of benzene rings is 1. The van der Waals surface area contributed by atoms with E-state index in [1.807, 2.05) is 0 Å². The molecule has 1 aromatic heterocycles. The lowest BCUT2D eigenvalue weighted by molar-refractivity contribution is 0.0994. The first kappa shape index (κ1) is 13.4. The van der Waals surface area contributed by atoms with Crippen LogP contribution in [0, 0.1) is 5.82 Å². The Hall–Kier alpha value is -1.99. The summed E-state index contributed by atoms with van der Waals surface area (Å²) in [6.45, 7) is 0. The van der Waals surface area contributed by atoms with Crippen LogP contribution in [0.2, 0.25) is 0 Å². The molecule has 0 aliphatic carbocycles. The molecule has 5 nitrogen and oxygen atoms in total. The van der Waals surface area contributed by atoms with Gasteiger partial charge in [-0.3, -0.25) is 4.79 Å². The summed E-state index contributed by atoms with van der Waals surface area (Å²) in [6.07, 6.45) is -0.524. The van der Waals surface area contributed by atoms with Crippen LogP contribution in [0.25, 0.3) is 0 Å². The van der Waals surface area contributed by atoms with E-state index in [1.54, 1.807) is 17.5 Å². The van der Waals surface area contributed by atoms with Crippen molar-refractivity contribution in [1.29, 1.82) is 0 Å². The Morgan fingerprint density at radius 2 is 2.16 bits per heavy atom. The van der Waals surface area contributed by atoms with Gasteiger partial charge in [0.15, 0.2) is 6.23 Å². The Morgan fingerprint density at radius 1 is 1.47 bits per heavy atom. The van der Waals surface area contributed by atoms with E-state index in [2.05, 4.69) is 10.3 Å². The highest BCUT2D eigenvalue weighted by atomic mass is 32.1. The van der Waals surface area contributed by atoms with Crippen molar-refractivity contribution in [2.45, 2.75) is 6.23 Å². The van der Waals surface area contributed by atoms with Crippen molar-refractivity contribution >= 4 is 22.9 Å². The van der Waals surface area contributed by atoms with Crippen molar-refractivity contribution in [3.05, 3.63) is 46.2 Å². The molecule has 100 valence electrons. The van der Waals surface area contributed by atoms with Crippen LogP contribution >= 0.6 is 11.3 Å². The largest absolute Gasteiger partial charge is 0.364 e. The Labute approximate surface area is 113 Å². The summed E-state index contributed by atoms with van der Waals surface area (Å²) in [5.41, 5.74) is 6.02. The van der Waals surface area contributed by atoms with Gasteiger partial charge < -0.3 is 15.8 Å². The number of primary amides is 1. The van der Waals surface area contributed by atoms with E-state index in [1.165, 1.54) is 30.6 Å². The summed E-state index contributed by atoms with van der Waals surface area (Å²) in [6, 6.07) is 5.85. The molecule has 2 aromatic rings. The number of hydrogen-bond acceptors (Lipinski definition) is 5. The van der Waals surface area contributed by atoms with E-state index in [9.17, 15) is 9.18 Å². The number of thiazole rings is 1. The number of methoxy groups -OCH3 is 1. The van der Waals surface area contributed by atoms with Gasteiger partial charge in [0.05, 0.1) is 0 Å². The monoisotopic (exact) mass is 281 g/mol. The third kappa shape index (κ3) is 3.27. The highest BCUT2D eigenvalue weighted by Crippen LogP contribution is 2.23. The summed E-state index contributed by atoms with van der Waals surface area (Å²) in [4.78, 5) is 15.1. The fourth-order valence-corrected chi connectivity index (χ4v) is 2.27. The van der Waals surface area contributed by atoms with Gasteiger partial charge in [0.1, 0.15) is 16.5 Å². The number of anilines is 1. The van der Waals surface area contributed by atoms with Crippen LogP contribution in [0.15, 0.2) is 29.6 Å². The number of nitrogens with two attached hydrogens (primary N) is 1. The number of nitrogens with zero attached hydrogens (tertiary/aromatic N) is 1. The zero-order valence-electron chi connectivity index (χ0n) is 10.1. The molecule has 0 bridgehead atoms. The maximum absolute atomic E-state index is 12.8. The third-order valence-corrected chi connectivity index (χ3v) is 3.26. The molecule has 0 saturated carbocycles. The van der Waals surface area contributed by atoms with E-state index >= 15 is 0 Å². The number of halogens is 1. The van der Waals surface area contributed by atoms with Crippen LogP contribution in [0.5, 0.6) is 0 Å². The van der Waals surface area contributed by atoms with Crippen molar-refractivity contribution in [2.24, 2.45) is 5.73 Å². The molecule has 1 heterocycles. The smallest absolute Gasteiger partial charge is 0.268 e. The number of carbonyl (C=O) groups excluding carboxylic acids is 1. The first-order valence-corrected chi connectivity index (χ1v) is 6.28. The van der Waals surface area contributed by atoms with Crippen LogP contribution in [-0.2, 0) is 4.74 Å². The maximum atomic E-state index is 12.8. The Bertz CT molecular complexity index is 571. The van der Waals surface area contributed by atoms with Gasteiger partial charge in [0.2, 0.25) is 0 Å². The van der Waals surface area contributed by atoms with Crippen LogP contribution in [0.3, 0.4) is 0 Å². The van der Waals surface area contributed by atoms with Crippen molar-refractivity contribution in [3.8, 4) is 0 Å². The number of rotatable bonds is 5. The van der Waals surface area contributed by atoms with Gasteiger partial charge in [-0.05, 0) is 24.3 Å². The van der Waals surface area contributed by atoms with Crippen LogP contribution in [0.1, 0.15) is 21.7 Å². The van der Waals surface area contributed by atoms with E-state index in [0.29, 0.717) is 10.7 Å². The van der Waals surface area contributed by atoms with Gasteiger partial charge in [-0.15, -0.1) is 11.3 Å². The molecule has 3 N–H and O–H groups in total. The van der Waals surface area contributed by atoms with Crippen LogP contribution < -0.4 is 11.1 Å². The minimum absolute atomic E-state index is 0.197. The zero-order chi connectivity index (χ0) is 13.8. The zero-order valence-corrected chi connectivity index (χ0v) is 10.9. The van der Waals surface area contributed by atoms with E-state index < -0.39 is 12.1 Å². The molecule has 0 spiro atoms. The van der Waals surface area contributed by atoms with Crippen molar-refractivity contribution in [3.63, 3.8) is 0 Å². The fraction of sp³-hybridized carbons (Fsp3) is 0.167. The van der Waals surface area contributed by atoms with Crippen molar-refractivity contribution in [2.75, 3.05) is 12.4 Å². The molecular weight excluding hydrogens is 269 g/mol. The number of aromatic nitrogens is 1. The summed E-state index contributed by atoms with van der Waals surface area (Å²) in [5, 5.41) is 5.17. The molecule has 1 atom stereocenters. The third-order valence-electron chi connectivity index (χ3n) is 2.38. The molecule has 1 aromatic carbocycles. The topological polar surface area (TPSA) is 77.2 Å². The summed E-state index contributed by atoms with van der Waals surface area (Å²) >= 11 is 1.26. The highest BCUT2D eigenvalue weighted by Gasteiger charge is 2.16. The lowest BCUT2D eigenvalue weighted by atomic mass is 10.3. The number of nitrogens with one attached hydrogen (secondary N) is 1. The predicted octanol–water partition coefficient (Wildman–Crippen LogP) is 2.14. The lowest BCUT2D eigenvalue weighted by Crippen LogP contribution is -2.15. The summed E-state index contributed by atoms with van der Waals surface area (Å²) < 4.78 is 18.1. The number of ether oxygens (including phenoxy) is 1. The number of carbonyl (C=O) groups is 1. The van der Waals surface area contributed by atoms with Crippen molar-refractivity contribution < 1.29 is 13.9 Å². The van der Waals surface area contributed by atoms with Crippen LogP contribution in [-0.4, -0.2) is 18.0 Å². The molecule has 7 heteroatoms. The molecule has 1 unspecified atom stereocenters. The molecule has 0 aliphatic rings. The normalized spacial score (nSPS) is 12.1. The van der Waals surface area contributed by atoms with Gasteiger partial charge in [0, 0.05) is 18.2 Å². The van der Waals surface area contributed by atoms with Gasteiger partial charge in [-0.25, -0.2) is 9.37 Å².